The first-order valence-electron chi connectivity index (χ1n) is 10.6. The van der Waals surface area contributed by atoms with Crippen LogP contribution >= 0.6 is 15.9 Å². The Morgan fingerprint density at radius 2 is 1.42 bits per heavy atom. The third-order valence-electron chi connectivity index (χ3n) is 5.88. The first kappa shape index (κ1) is 23.6. The van der Waals surface area contributed by atoms with E-state index in [1.54, 1.807) is 24.3 Å². The van der Waals surface area contributed by atoms with Gasteiger partial charge in [-0.2, -0.15) is 0 Å². The zero-order chi connectivity index (χ0) is 23.4. The standard InChI is InChI=1S/C25H26BrN3O4/c26-20-13-7-10-18(14-20)15-21(30)29(16-17-8-3-1-4-9-17)25(19-11-5-2-6-12-19)22(31)27-24(33)28-23(25)32/h1-14,22-24,27-28,31-33H,15-16H2. The van der Waals surface area contributed by atoms with Crippen LogP contribution in [0.15, 0.2) is 89.4 Å². The van der Waals surface area contributed by atoms with Crippen LogP contribution in [-0.2, 0) is 23.3 Å². The van der Waals surface area contributed by atoms with Gasteiger partial charge in [-0.05, 0) is 28.8 Å². The van der Waals surface area contributed by atoms with Gasteiger partial charge in [0.1, 0.15) is 18.0 Å². The van der Waals surface area contributed by atoms with Gasteiger partial charge in [0.2, 0.25) is 5.91 Å². The molecule has 0 spiro atoms. The lowest BCUT2D eigenvalue weighted by Gasteiger charge is -2.53. The quantitative estimate of drug-likeness (QED) is 0.346. The van der Waals surface area contributed by atoms with Gasteiger partial charge in [0.15, 0.2) is 6.35 Å². The summed E-state index contributed by atoms with van der Waals surface area (Å²) in [5.74, 6) is -0.293. The Bertz CT molecular complexity index is 1070. The van der Waals surface area contributed by atoms with Crippen LogP contribution in [0, 0.1) is 0 Å². The Labute approximate surface area is 200 Å². The van der Waals surface area contributed by atoms with Gasteiger partial charge in [-0.3, -0.25) is 15.4 Å². The normalized spacial score (nSPS) is 24.9. The van der Waals surface area contributed by atoms with Crippen molar-refractivity contribution in [1.82, 2.24) is 15.5 Å². The lowest BCUT2D eigenvalue weighted by Crippen LogP contribution is -2.76. The fourth-order valence-corrected chi connectivity index (χ4v) is 4.78. The molecule has 33 heavy (non-hydrogen) atoms. The number of carbonyl (C=O) groups is 1. The van der Waals surface area contributed by atoms with Gasteiger partial charge in [-0.1, -0.05) is 88.7 Å². The van der Waals surface area contributed by atoms with Crippen molar-refractivity contribution in [3.8, 4) is 0 Å². The first-order chi connectivity index (χ1) is 15.9. The van der Waals surface area contributed by atoms with Crippen LogP contribution in [0.1, 0.15) is 16.7 Å². The second kappa shape index (κ2) is 10.1. The van der Waals surface area contributed by atoms with E-state index in [1.165, 1.54) is 4.90 Å². The Morgan fingerprint density at radius 3 is 2.03 bits per heavy atom. The van der Waals surface area contributed by atoms with Crippen molar-refractivity contribution >= 4 is 21.8 Å². The van der Waals surface area contributed by atoms with Crippen molar-refractivity contribution < 1.29 is 20.1 Å². The maximum Gasteiger partial charge on any atom is 0.228 e. The van der Waals surface area contributed by atoms with E-state index in [2.05, 4.69) is 26.6 Å². The molecule has 1 aliphatic rings. The smallest absolute Gasteiger partial charge is 0.228 e. The van der Waals surface area contributed by atoms with Crippen molar-refractivity contribution in [2.24, 2.45) is 0 Å². The average Bonchev–Trinajstić information content (AvgIpc) is 2.79. The zero-order valence-electron chi connectivity index (χ0n) is 17.8. The monoisotopic (exact) mass is 511 g/mol. The van der Waals surface area contributed by atoms with Gasteiger partial charge in [0.05, 0.1) is 6.42 Å². The van der Waals surface area contributed by atoms with Gasteiger partial charge >= 0.3 is 0 Å². The lowest BCUT2D eigenvalue weighted by atomic mass is 9.81. The molecule has 3 aromatic rings. The maximum absolute atomic E-state index is 13.8. The second-order valence-corrected chi connectivity index (χ2v) is 8.92. The van der Waals surface area contributed by atoms with Crippen LogP contribution in [0.3, 0.4) is 0 Å². The number of carbonyl (C=O) groups excluding carboxylic acids is 1. The number of hydrogen-bond donors (Lipinski definition) is 5. The molecule has 1 fully saturated rings. The van der Waals surface area contributed by atoms with Crippen molar-refractivity contribution in [3.63, 3.8) is 0 Å². The number of nitrogens with one attached hydrogen (secondary N) is 2. The molecule has 1 heterocycles. The lowest BCUT2D eigenvalue weighted by molar-refractivity contribution is -0.202. The van der Waals surface area contributed by atoms with Gasteiger partial charge in [0.25, 0.3) is 0 Å². The predicted octanol–water partition coefficient (Wildman–Crippen LogP) is 2.02. The third-order valence-corrected chi connectivity index (χ3v) is 6.37. The Hall–Kier alpha value is -2.59. The molecule has 172 valence electrons. The minimum absolute atomic E-state index is 0.0584. The van der Waals surface area contributed by atoms with Crippen molar-refractivity contribution in [3.05, 3.63) is 106 Å². The summed E-state index contributed by atoms with van der Waals surface area (Å²) in [6.45, 7) is 0.135. The second-order valence-electron chi connectivity index (χ2n) is 8.00. The summed E-state index contributed by atoms with van der Waals surface area (Å²) in [5.41, 5.74) is 0.534. The highest BCUT2D eigenvalue weighted by Crippen LogP contribution is 2.38. The number of aliphatic hydroxyl groups is 3. The molecule has 0 saturated carbocycles. The molecule has 0 aliphatic carbocycles. The molecule has 7 nitrogen and oxygen atoms in total. The van der Waals surface area contributed by atoms with Gasteiger partial charge in [0, 0.05) is 11.0 Å². The Balaban J connectivity index is 1.83. The SMILES string of the molecule is O=C(Cc1cccc(Br)c1)N(Cc1ccccc1)C1(c2ccccc2)C(O)NC(O)NC1O. The van der Waals surface area contributed by atoms with E-state index < -0.39 is 24.3 Å². The fourth-order valence-electron chi connectivity index (χ4n) is 4.33. The first-order valence-corrected chi connectivity index (χ1v) is 11.4. The molecule has 4 rings (SSSR count). The number of halogens is 1. The molecule has 0 radical (unpaired) electrons. The molecule has 0 bridgehead atoms. The molecule has 2 atom stereocenters. The van der Waals surface area contributed by atoms with E-state index in [4.69, 9.17) is 0 Å². The number of aliphatic hydroxyl groups excluding tert-OH is 3. The van der Waals surface area contributed by atoms with Gasteiger partial charge in [-0.15, -0.1) is 0 Å². The van der Waals surface area contributed by atoms with E-state index in [9.17, 15) is 20.1 Å². The molecular formula is C25H26BrN3O4. The van der Waals surface area contributed by atoms with Crippen molar-refractivity contribution in [1.29, 1.82) is 0 Å². The number of amides is 1. The average molecular weight is 512 g/mol. The highest BCUT2D eigenvalue weighted by atomic mass is 79.9. The highest BCUT2D eigenvalue weighted by molar-refractivity contribution is 9.10. The van der Waals surface area contributed by atoms with Crippen LogP contribution in [0.25, 0.3) is 0 Å². The molecule has 1 saturated heterocycles. The minimum Gasteiger partial charge on any atom is -0.375 e. The van der Waals surface area contributed by atoms with Gasteiger partial charge < -0.3 is 20.2 Å². The predicted molar refractivity (Wildman–Crippen MR) is 127 cm³/mol. The zero-order valence-corrected chi connectivity index (χ0v) is 19.4. The number of nitrogens with zero attached hydrogens (tertiary/aromatic N) is 1. The maximum atomic E-state index is 13.8. The van der Waals surface area contributed by atoms with Crippen LogP contribution in [0.2, 0.25) is 0 Å². The van der Waals surface area contributed by atoms with Crippen molar-refractivity contribution in [2.45, 2.75) is 37.3 Å². The van der Waals surface area contributed by atoms with Crippen LogP contribution in [-0.4, -0.2) is 44.9 Å². The molecule has 5 N–H and O–H groups in total. The summed E-state index contributed by atoms with van der Waals surface area (Å²) in [6.07, 6.45) is -4.20. The minimum atomic E-state index is -1.61. The molecule has 8 heteroatoms. The highest BCUT2D eigenvalue weighted by Gasteiger charge is 2.56. The fraction of sp³-hybridized carbons (Fsp3) is 0.240. The summed E-state index contributed by atoms with van der Waals surface area (Å²) in [6, 6.07) is 25.7. The molecule has 1 aliphatic heterocycles. The van der Waals surface area contributed by atoms with Crippen LogP contribution in [0.5, 0.6) is 0 Å². The van der Waals surface area contributed by atoms with E-state index in [0.717, 1.165) is 15.6 Å². The van der Waals surface area contributed by atoms with E-state index in [0.29, 0.717) is 5.56 Å². The van der Waals surface area contributed by atoms with Crippen molar-refractivity contribution in [2.75, 3.05) is 0 Å². The molecule has 3 aromatic carbocycles. The molecule has 2 unspecified atom stereocenters. The summed E-state index contributed by atoms with van der Waals surface area (Å²) in [4.78, 5) is 15.3. The summed E-state index contributed by atoms with van der Waals surface area (Å²) < 4.78 is 0.851. The number of benzene rings is 3. The Morgan fingerprint density at radius 1 is 0.848 bits per heavy atom. The summed E-state index contributed by atoms with van der Waals surface area (Å²) in [7, 11) is 0. The summed E-state index contributed by atoms with van der Waals surface area (Å²) in [5, 5.41) is 37.8. The summed E-state index contributed by atoms with van der Waals surface area (Å²) >= 11 is 3.44. The third kappa shape index (κ3) is 4.86. The molecular weight excluding hydrogens is 486 g/mol. The van der Waals surface area contributed by atoms with E-state index >= 15 is 0 Å². The number of hydrogen-bond acceptors (Lipinski definition) is 6. The van der Waals surface area contributed by atoms with Gasteiger partial charge in [-0.25, -0.2) is 0 Å². The molecule has 0 aromatic heterocycles. The van der Waals surface area contributed by atoms with Crippen LogP contribution in [0.4, 0.5) is 0 Å². The number of rotatable bonds is 6. The van der Waals surface area contributed by atoms with E-state index in [1.807, 2.05) is 60.7 Å². The topological polar surface area (TPSA) is 105 Å². The van der Waals surface area contributed by atoms with Crippen LogP contribution < -0.4 is 10.6 Å². The Kier molecular flexibility index (Phi) is 7.23. The molecule has 1 amide bonds. The van der Waals surface area contributed by atoms with E-state index in [-0.39, 0.29) is 18.9 Å². The largest absolute Gasteiger partial charge is 0.375 e.